The van der Waals surface area contributed by atoms with Crippen molar-refractivity contribution in [2.24, 2.45) is 11.8 Å². The highest BCUT2D eigenvalue weighted by molar-refractivity contribution is 5.89. The van der Waals surface area contributed by atoms with Crippen LogP contribution in [0.3, 0.4) is 0 Å². The van der Waals surface area contributed by atoms with Gasteiger partial charge in [0.15, 0.2) is 0 Å². The lowest BCUT2D eigenvalue weighted by Crippen LogP contribution is -2.54. The zero-order chi connectivity index (χ0) is 25.9. The molecule has 3 aromatic rings. The Balaban J connectivity index is 1.46. The Labute approximate surface area is 219 Å². The molecule has 1 N–H and O–H groups in total. The zero-order valence-electron chi connectivity index (χ0n) is 22.2. The van der Waals surface area contributed by atoms with Gasteiger partial charge < -0.3 is 19.4 Å². The van der Waals surface area contributed by atoms with Gasteiger partial charge in [-0.25, -0.2) is 4.98 Å². The number of hydrogen-bond acceptors (Lipinski definition) is 4. The quantitative estimate of drug-likeness (QED) is 0.497. The molecule has 0 unspecified atom stereocenters. The van der Waals surface area contributed by atoms with Gasteiger partial charge in [-0.1, -0.05) is 44.2 Å². The lowest BCUT2D eigenvalue weighted by molar-refractivity contribution is -0.140. The first-order chi connectivity index (χ1) is 18.0. The minimum atomic E-state index is -0.523. The minimum Gasteiger partial charge on any atom is -0.381 e. The number of carbonyl (C=O) groups is 2. The Hall–Kier alpha value is -3.19. The molecule has 1 aromatic carbocycles. The summed E-state index contributed by atoms with van der Waals surface area (Å²) in [6.07, 6.45) is 8.28. The second kappa shape index (κ2) is 11.1. The van der Waals surface area contributed by atoms with Crippen LogP contribution in [-0.2, 0) is 14.3 Å². The number of aryl methyl sites for hydroxylation is 1. The highest BCUT2D eigenvalue weighted by Crippen LogP contribution is 2.35. The number of carbonyl (C=O) groups excluding carboxylic acids is 2. The third kappa shape index (κ3) is 5.28. The molecule has 0 bridgehead atoms. The fourth-order valence-corrected chi connectivity index (χ4v) is 5.68. The van der Waals surface area contributed by atoms with Crippen molar-refractivity contribution in [2.45, 2.75) is 65.0 Å². The van der Waals surface area contributed by atoms with Crippen molar-refractivity contribution in [1.29, 1.82) is 0 Å². The van der Waals surface area contributed by atoms with Crippen LogP contribution in [0.15, 0.2) is 48.8 Å². The Morgan fingerprint density at radius 2 is 1.89 bits per heavy atom. The molecule has 2 aliphatic rings. The molecule has 2 amide bonds. The summed E-state index contributed by atoms with van der Waals surface area (Å²) in [5.41, 5.74) is 5.18. The number of hydrogen-bond donors (Lipinski definition) is 1. The largest absolute Gasteiger partial charge is 0.381 e. The molecule has 7 nitrogen and oxygen atoms in total. The maximum Gasteiger partial charge on any atom is 0.246 e. The predicted octanol–water partition coefficient (Wildman–Crippen LogP) is 4.93. The number of likely N-dealkylation sites (tertiary alicyclic amines) is 1. The van der Waals surface area contributed by atoms with Crippen molar-refractivity contribution >= 4 is 17.5 Å². The lowest BCUT2D eigenvalue weighted by atomic mass is 9.90. The SMILES string of the molecule is CC[C@@H](C)C(=O)N[C@H](C(=O)N1CCC[C@H]1c1cn2cc(C)cc(-c3ccccc3)c2n1)C1CCOCC1. The zero-order valence-corrected chi connectivity index (χ0v) is 22.2. The number of nitrogens with one attached hydrogen (secondary N) is 1. The third-order valence-corrected chi connectivity index (χ3v) is 8.03. The van der Waals surface area contributed by atoms with Crippen molar-refractivity contribution in [1.82, 2.24) is 19.6 Å². The standard InChI is InChI=1S/C30H38N4O3/c1-4-21(3)29(35)32-27(23-12-15-37-16-13-23)30(36)34-14-8-11-26(34)25-19-33-18-20(2)17-24(28(33)31-25)22-9-6-5-7-10-22/h5-7,9-10,17-19,21,23,26-27H,4,8,11-16H2,1-3H3,(H,32,35)/t21-,26+,27+/m1/s1. The Morgan fingerprint density at radius 1 is 1.14 bits per heavy atom. The molecular weight excluding hydrogens is 464 g/mol. The van der Waals surface area contributed by atoms with Crippen LogP contribution in [0, 0.1) is 18.8 Å². The summed E-state index contributed by atoms with van der Waals surface area (Å²) in [6, 6.07) is 11.9. The number of nitrogens with zero attached hydrogens (tertiary/aromatic N) is 3. The van der Waals surface area contributed by atoms with Crippen molar-refractivity contribution < 1.29 is 14.3 Å². The van der Waals surface area contributed by atoms with Gasteiger partial charge in [0, 0.05) is 43.6 Å². The average molecular weight is 503 g/mol. The van der Waals surface area contributed by atoms with Crippen molar-refractivity contribution in [3.8, 4) is 11.1 Å². The number of aromatic nitrogens is 2. The molecular formula is C30H38N4O3. The smallest absolute Gasteiger partial charge is 0.246 e. The summed E-state index contributed by atoms with van der Waals surface area (Å²) in [6.45, 7) is 7.95. The molecule has 196 valence electrons. The molecule has 3 atom stereocenters. The molecule has 7 heteroatoms. The van der Waals surface area contributed by atoms with Gasteiger partial charge in [-0.3, -0.25) is 9.59 Å². The van der Waals surface area contributed by atoms with E-state index in [2.05, 4.69) is 47.2 Å². The van der Waals surface area contributed by atoms with Gasteiger partial charge in [0.1, 0.15) is 11.7 Å². The highest BCUT2D eigenvalue weighted by Gasteiger charge is 2.40. The number of pyridine rings is 1. The van der Waals surface area contributed by atoms with Gasteiger partial charge in [0.2, 0.25) is 11.8 Å². The second-order valence-corrected chi connectivity index (χ2v) is 10.6. The van der Waals surface area contributed by atoms with Gasteiger partial charge >= 0.3 is 0 Å². The van der Waals surface area contributed by atoms with E-state index in [0.717, 1.165) is 60.1 Å². The van der Waals surface area contributed by atoms with Crippen LogP contribution in [0.5, 0.6) is 0 Å². The van der Waals surface area contributed by atoms with E-state index in [1.165, 1.54) is 0 Å². The molecule has 0 radical (unpaired) electrons. The van der Waals surface area contributed by atoms with E-state index < -0.39 is 6.04 Å². The maximum absolute atomic E-state index is 14.1. The first-order valence-electron chi connectivity index (χ1n) is 13.7. The fraction of sp³-hybridized carbons (Fsp3) is 0.500. The molecule has 2 fully saturated rings. The van der Waals surface area contributed by atoms with E-state index in [0.29, 0.717) is 19.8 Å². The van der Waals surface area contributed by atoms with Gasteiger partial charge in [-0.15, -0.1) is 0 Å². The van der Waals surface area contributed by atoms with Crippen molar-refractivity contribution in [3.05, 3.63) is 60.0 Å². The molecule has 0 aliphatic carbocycles. The summed E-state index contributed by atoms with van der Waals surface area (Å²) >= 11 is 0. The van der Waals surface area contributed by atoms with Crippen LogP contribution >= 0.6 is 0 Å². The number of fused-ring (bicyclic) bond motifs is 1. The third-order valence-electron chi connectivity index (χ3n) is 8.03. The van der Waals surface area contributed by atoms with Crippen molar-refractivity contribution in [3.63, 3.8) is 0 Å². The normalized spacial score (nSPS) is 20.2. The fourth-order valence-electron chi connectivity index (χ4n) is 5.68. The summed E-state index contributed by atoms with van der Waals surface area (Å²) in [5.74, 6) is -0.0621. The van der Waals surface area contributed by atoms with Crippen LogP contribution in [0.25, 0.3) is 16.8 Å². The van der Waals surface area contributed by atoms with E-state index >= 15 is 0 Å². The van der Waals surface area contributed by atoms with E-state index in [4.69, 9.17) is 9.72 Å². The summed E-state index contributed by atoms with van der Waals surface area (Å²) in [4.78, 5) is 34.0. The molecule has 0 saturated carbocycles. The van der Waals surface area contributed by atoms with Crippen molar-refractivity contribution in [2.75, 3.05) is 19.8 Å². The van der Waals surface area contributed by atoms with Gasteiger partial charge in [0.05, 0.1) is 11.7 Å². The first-order valence-corrected chi connectivity index (χ1v) is 13.7. The second-order valence-electron chi connectivity index (χ2n) is 10.6. The predicted molar refractivity (Wildman–Crippen MR) is 144 cm³/mol. The number of imidazole rings is 1. The Bertz CT molecular complexity index is 1250. The van der Waals surface area contributed by atoms with Crippen LogP contribution in [0.2, 0.25) is 0 Å². The van der Waals surface area contributed by atoms with E-state index in [9.17, 15) is 9.59 Å². The number of ether oxygens (including phenoxy) is 1. The van der Waals surface area contributed by atoms with E-state index in [1.54, 1.807) is 0 Å². The Kier molecular flexibility index (Phi) is 7.60. The highest BCUT2D eigenvalue weighted by atomic mass is 16.5. The number of benzene rings is 1. The van der Waals surface area contributed by atoms with E-state index in [1.807, 2.05) is 36.9 Å². The van der Waals surface area contributed by atoms with Gasteiger partial charge in [-0.05, 0) is 62.1 Å². The Morgan fingerprint density at radius 3 is 2.62 bits per heavy atom. The topological polar surface area (TPSA) is 75.9 Å². The van der Waals surface area contributed by atoms with Crippen LogP contribution < -0.4 is 5.32 Å². The van der Waals surface area contributed by atoms with Crippen LogP contribution in [-0.4, -0.2) is 51.9 Å². The number of rotatable bonds is 7. The molecule has 0 spiro atoms. The molecule has 5 rings (SSSR count). The molecule has 2 aliphatic heterocycles. The molecule has 37 heavy (non-hydrogen) atoms. The van der Waals surface area contributed by atoms with Crippen LogP contribution in [0.1, 0.15) is 63.3 Å². The van der Waals surface area contributed by atoms with E-state index in [-0.39, 0.29) is 29.7 Å². The monoisotopic (exact) mass is 502 g/mol. The number of amides is 2. The maximum atomic E-state index is 14.1. The summed E-state index contributed by atoms with van der Waals surface area (Å²) in [5, 5.41) is 3.14. The average Bonchev–Trinajstić information content (AvgIpc) is 3.58. The first kappa shape index (κ1) is 25.5. The minimum absolute atomic E-state index is 0.0163. The summed E-state index contributed by atoms with van der Waals surface area (Å²) in [7, 11) is 0. The van der Waals surface area contributed by atoms with Crippen LogP contribution in [0.4, 0.5) is 0 Å². The summed E-state index contributed by atoms with van der Waals surface area (Å²) < 4.78 is 7.65. The van der Waals surface area contributed by atoms with Gasteiger partial charge in [-0.2, -0.15) is 0 Å². The van der Waals surface area contributed by atoms with Gasteiger partial charge in [0.25, 0.3) is 0 Å². The molecule has 2 aromatic heterocycles. The lowest BCUT2D eigenvalue weighted by Gasteiger charge is -2.35. The molecule has 2 saturated heterocycles. The molecule has 4 heterocycles.